The minimum Gasteiger partial charge on any atom is -0.326 e. The molecule has 0 radical (unpaired) electrons. The largest absolute Gasteiger partial charge is 0.326 e. The highest BCUT2D eigenvalue weighted by molar-refractivity contribution is 7.92. The van der Waals surface area contributed by atoms with Crippen LogP contribution < -0.4 is 10.0 Å². The zero-order valence-corrected chi connectivity index (χ0v) is 12.7. The van der Waals surface area contributed by atoms with Crippen molar-refractivity contribution < 1.29 is 13.2 Å². The van der Waals surface area contributed by atoms with Crippen molar-refractivity contribution in [1.29, 1.82) is 0 Å². The lowest BCUT2D eigenvalue weighted by atomic mass is 10.2. The summed E-state index contributed by atoms with van der Waals surface area (Å²) in [5.74, 6) is -0.131. The van der Waals surface area contributed by atoms with Crippen LogP contribution in [0.5, 0.6) is 0 Å². The molecule has 0 fully saturated rings. The van der Waals surface area contributed by atoms with Crippen LogP contribution in [0.25, 0.3) is 5.65 Å². The number of nitrogens with zero attached hydrogens (tertiary/aromatic N) is 2. The predicted molar refractivity (Wildman–Crippen MR) is 84.8 cm³/mol. The fraction of sp³-hybridized carbons (Fsp3) is 0.0667. The van der Waals surface area contributed by atoms with E-state index in [9.17, 15) is 13.2 Å². The van der Waals surface area contributed by atoms with E-state index in [1.54, 1.807) is 41.2 Å². The van der Waals surface area contributed by atoms with Crippen LogP contribution in [0.3, 0.4) is 0 Å². The number of sulfonamides is 1. The molecule has 0 unspecified atom stereocenters. The molecule has 3 heterocycles. The van der Waals surface area contributed by atoms with Gasteiger partial charge in [-0.25, -0.2) is 13.4 Å². The summed E-state index contributed by atoms with van der Waals surface area (Å²) in [6.07, 6.45) is 5.22. The fourth-order valence-corrected chi connectivity index (χ4v) is 3.66. The Hall–Kier alpha value is -2.87. The van der Waals surface area contributed by atoms with Crippen LogP contribution in [-0.4, -0.2) is 23.7 Å². The summed E-state index contributed by atoms with van der Waals surface area (Å²) >= 11 is 0. The van der Waals surface area contributed by atoms with Crippen molar-refractivity contribution in [3.8, 4) is 0 Å². The lowest BCUT2D eigenvalue weighted by Gasteiger charge is -2.09. The molecule has 1 amide bonds. The van der Waals surface area contributed by atoms with Gasteiger partial charge in [0.05, 0.1) is 17.0 Å². The van der Waals surface area contributed by atoms with Crippen LogP contribution in [0.4, 0.5) is 11.4 Å². The van der Waals surface area contributed by atoms with Gasteiger partial charge in [0.1, 0.15) is 5.65 Å². The van der Waals surface area contributed by atoms with Crippen molar-refractivity contribution in [1.82, 2.24) is 9.38 Å². The van der Waals surface area contributed by atoms with E-state index >= 15 is 0 Å². The number of anilines is 2. The van der Waals surface area contributed by atoms with Gasteiger partial charge in [0.15, 0.2) is 0 Å². The number of aromatic nitrogens is 2. The third-order valence-corrected chi connectivity index (χ3v) is 5.03. The van der Waals surface area contributed by atoms with Gasteiger partial charge in [-0.2, -0.15) is 0 Å². The van der Waals surface area contributed by atoms with Gasteiger partial charge in [0.2, 0.25) is 5.91 Å². The summed E-state index contributed by atoms with van der Waals surface area (Å²) < 4.78 is 29.3. The standard InChI is InChI=1S/C15H12N4O3S/c20-15-8-10-7-12(2-3-13(10)17-15)23(21,22)18-11-1-4-14-16-5-6-19(14)9-11/h1-7,9,18H,8H2,(H,17,20). The van der Waals surface area contributed by atoms with E-state index in [2.05, 4.69) is 15.0 Å². The molecule has 7 nitrogen and oxygen atoms in total. The van der Waals surface area contributed by atoms with Gasteiger partial charge in [-0.3, -0.25) is 9.52 Å². The third-order valence-electron chi connectivity index (χ3n) is 3.65. The van der Waals surface area contributed by atoms with Crippen molar-refractivity contribution in [2.75, 3.05) is 10.0 Å². The van der Waals surface area contributed by atoms with Gasteiger partial charge >= 0.3 is 0 Å². The summed E-state index contributed by atoms with van der Waals surface area (Å²) in [6, 6.07) is 7.98. The van der Waals surface area contributed by atoms with E-state index in [0.29, 0.717) is 16.9 Å². The minimum absolute atomic E-state index is 0.124. The molecule has 3 aromatic rings. The molecule has 0 saturated carbocycles. The van der Waals surface area contributed by atoms with Crippen LogP contribution in [0.15, 0.2) is 53.8 Å². The Kier molecular flexibility index (Phi) is 2.88. The van der Waals surface area contributed by atoms with Crippen molar-refractivity contribution in [2.45, 2.75) is 11.3 Å². The lowest BCUT2D eigenvalue weighted by Crippen LogP contribution is -2.13. The van der Waals surface area contributed by atoms with Crippen LogP contribution >= 0.6 is 0 Å². The van der Waals surface area contributed by atoms with Crippen molar-refractivity contribution in [3.05, 3.63) is 54.5 Å². The van der Waals surface area contributed by atoms with Gasteiger partial charge in [0.25, 0.3) is 10.0 Å². The van der Waals surface area contributed by atoms with Crippen LogP contribution in [0.1, 0.15) is 5.56 Å². The maximum absolute atomic E-state index is 12.5. The minimum atomic E-state index is -3.73. The Bertz CT molecular complexity index is 1040. The van der Waals surface area contributed by atoms with E-state index in [0.717, 1.165) is 5.65 Å². The first-order chi connectivity index (χ1) is 11.0. The molecule has 0 bridgehead atoms. The maximum atomic E-state index is 12.5. The molecule has 2 aromatic heterocycles. The second-order valence-corrected chi connectivity index (χ2v) is 6.94. The molecule has 1 aliphatic rings. The average molecular weight is 328 g/mol. The van der Waals surface area contributed by atoms with Crippen molar-refractivity contribution in [3.63, 3.8) is 0 Å². The van der Waals surface area contributed by atoms with Crippen molar-refractivity contribution >= 4 is 33.0 Å². The summed E-state index contributed by atoms with van der Waals surface area (Å²) in [4.78, 5) is 15.6. The Morgan fingerprint density at radius 1 is 1.22 bits per heavy atom. The Labute approximate surface area is 132 Å². The highest BCUT2D eigenvalue weighted by Crippen LogP contribution is 2.26. The number of benzene rings is 1. The number of nitrogens with one attached hydrogen (secondary N) is 2. The molecule has 2 N–H and O–H groups in total. The van der Waals surface area contributed by atoms with Crippen LogP contribution in [-0.2, 0) is 21.2 Å². The summed E-state index contributed by atoms with van der Waals surface area (Å²) in [7, 11) is -3.73. The number of pyridine rings is 1. The normalized spacial score (nSPS) is 13.8. The highest BCUT2D eigenvalue weighted by Gasteiger charge is 2.22. The Morgan fingerprint density at radius 3 is 2.96 bits per heavy atom. The molecular weight excluding hydrogens is 316 g/mol. The SMILES string of the molecule is O=C1Cc2cc(S(=O)(=O)Nc3ccc4nccn4c3)ccc2N1. The van der Waals surface area contributed by atoms with Gasteiger partial charge in [-0.15, -0.1) is 0 Å². The van der Waals surface area contributed by atoms with E-state index in [-0.39, 0.29) is 17.2 Å². The van der Waals surface area contributed by atoms with Gasteiger partial charge < -0.3 is 9.72 Å². The Balaban J connectivity index is 1.67. The van der Waals surface area contributed by atoms with Gasteiger partial charge in [-0.1, -0.05) is 0 Å². The number of rotatable bonds is 3. The van der Waals surface area contributed by atoms with Gasteiger partial charge in [-0.05, 0) is 35.9 Å². The molecule has 1 aromatic carbocycles. The molecular formula is C15H12N4O3S. The van der Waals surface area contributed by atoms with Crippen LogP contribution in [0.2, 0.25) is 0 Å². The Morgan fingerprint density at radius 2 is 2.09 bits per heavy atom. The quantitative estimate of drug-likeness (QED) is 0.764. The number of carbonyl (C=O) groups excluding carboxylic acids is 1. The number of hydrogen-bond acceptors (Lipinski definition) is 4. The van der Waals surface area contributed by atoms with Crippen molar-refractivity contribution in [2.24, 2.45) is 0 Å². The fourth-order valence-electron chi connectivity index (χ4n) is 2.57. The van der Waals surface area contributed by atoms with E-state index in [4.69, 9.17) is 0 Å². The number of amides is 1. The average Bonchev–Trinajstić information content (AvgIpc) is 3.10. The lowest BCUT2D eigenvalue weighted by molar-refractivity contribution is -0.115. The molecule has 0 aliphatic carbocycles. The second-order valence-electron chi connectivity index (χ2n) is 5.26. The number of carbonyl (C=O) groups is 1. The van der Waals surface area contributed by atoms with Gasteiger partial charge in [0, 0.05) is 24.3 Å². The topological polar surface area (TPSA) is 92.6 Å². The van der Waals surface area contributed by atoms with Crippen LogP contribution in [0, 0.1) is 0 Å². The van der Waals surface area contributed by atoms with E-state index < -0.39 is 10.0 Å². The molecule has 0 spiro atoms. The first-order valence-corrected chi connectivity index (χ1v) is 8.38. The molecule has 0 saturated heterocycles. The summed E-state index contributed by atoms with van der Waals surface area (Å²) in [6.45, 7) is 0. The zero-order valence-electron chi connectivity index (χ0n) is 11.9. The molecule has 116 valence electrons. The molecule has 4 rings (SSSR count). The third kappa shape index (κ3) is 2.42. The zero-order chi connectivity index (χ0) is 16.0. The monoisotopic (exact) mass is 328 g/mol. The molecule has 0 atom stereocenters. The smallest absolute Gasteiger partial charge is 0.261 e. The predicted octanol–water partition coefficient (Wildman–Crippen LogP) is 1.63. The summed E-state index contributed by atoms with van der Waals surface area (Å²) in [5.41, 5.74) is 2.51. The number of imidazole rings is 1. The first-order valence-electron chi connectivity index (χ1n) is 6.90. The maximum Gasteiger partial charge on any atom is 0.261 e. The van der Waals surface area contributed by atoms with E-state index in [1.165, 1.54) is 12.1 Å². The number of fused-ring (bicyclic) bond motifs is 2. The summed E-state index contributed by atoms with van der Waals surface area (Å²) in [5, 5.41) is 2.68. The molecule has 1 aliphatic heterocycles. The second kappa shape index (κ2) is 4.82. The first kappa shape index (κ1) is 13.8. The highest BCUT2D eigenvalue weighted by atomic mass is 32.2. The number of hydrogen-bond donors (Lipinski definition) is 2. The molecule has 23 heavy (non-hydrogen) atoms. The molecule has 8 heteroatoms. The van der Waals surface area contributed by atoms with E-state index in [1.807, 2.05) is 0 Å².